The molecule has 0 aliphatic carbocycles. The third-order valence-electron chi connectivity index (χ3n) is 1.68. The van der Waals surface area contributed by atoms with E-state index in [1.165, 1.54) is 12.1 Å². The highest BCUT2D eigenvalue weighted by Gasteiger charge is 2.12. The molecule has 0 heterocycles. The van der Waals surface area contributed by atoms with Crippen molar-refractivity contribution in [1.29, 1.82) is 0 Å². The predicted molar refractivity (Wildman–Crippen MR) is 63.5 cm³/mol. The van der Waals surface area contributed by atoms with Crippen LogP contribution in [0.4, 0.5) is 0 Å². The van der Waals surface area contributed by atoms with Crippen LogP contribution in [-0.4, -0.2) is 28.6 Å². The molecule has 7 heteroatoms. The van der Waals surface area contributed by atoms with Crippen molar-refractivity contribution in [1.82, 2.24) is 5.32 Å². The molecule has 1 amide bonds. The number of phenols is 1. The number of rotatable bonds is 3. The number of carboxylic acid groups (broad SMARTS) is 1. The lowest BCUT2D eigenvalue weighted by molar-refractivity contribution is -0.135. The van der Waals surface area contributed by atoms with Crippen molar-refractivity contribution in [3.8, 4) is 5.75 Å². The van der Waals surface area contributed by atoms with Crippen LogP contribution in [0, 0.1) is 0 Å². The molecular weight excluding hydrogens is 346 g/mol. The third kappa shape index (κ3) is 3.21. The number of halogens is 2. The summed E-state index contributed by atoms with van der Waals surface area (Å²) in [5, 5.41) is 20.0. The summed E-state index contributed by atoms with van der Waals surface area (Å²) in [4.78, 5) is 21.7. The first-order valence-electron chi connectivity index (χ1n) is 4.10. The highest BCUT2D eigenvalue weighted by molar-refractivity contribution is 9.11. The monoisotopic (exact) mass is 351 g/mol. The molecular formula is C9H7Br2NO4. The Kier molecular flexibility index (Phi) is 4.31. The minimum Gasteiger partial charge on any atom is -0.506 e. The molecule has 0 radical (unpaired) electrons. The van der Waals surface area contributed by atoms with E-state index in [-0.39, 0.29) is 11.3 Å². The average Bonchev–Trinajstić information content (AvgIpc) is 2.21. The summed E-state index contributed by atoms with van der Waals surface area (Å²) in [7, 11) is 0. The largest absolute Gasteiger partial charge is 0.506 e. The first kappa shape index (κ1) is 13.0. The van der Waals surface area contributed by atoms with E-state index in [0.717, 1.165) is 0 Å². The number of benzene rings is 1. The van der Waals surface area contributed by atoms with Crippen molar-refractivity contribution >= 4 is 43.7 Å². The SMILES string of the molecule is O=C(O)CNC(=O)c1cc(Br)c(O)c(Br)c1. The number of phenolic OH excluding ortho intramolecular Hbond substituents is 1. The van der Waals surface area contributed by atoms with Crippen LogP contribution in [0.15, 0.2) is 21.1 Å². The summed E-state index contributed by atoms with van der Waals surface area (Å²) >= 11 is 6.14. The molecule has 0 saturated carbocycles. The van der Waals surface area contributed by atoms with E-state index in [2.05, 4.69) is 37.2 Å². The van der Waals surface area contributed by atoms with E-state index in [1.807, 2.05) is 0 Å². The highest BCUT2D eigenvalue weighted by Crippen LogP contribution is 2.33. The molecule has 3 N–H and O–H groups in total. The van der Waals surface area contributed by atoms with E-state index >= 15 is 0 Å². The number of hydrogen-bond acceptors (Lipinski definition) is 3. The minimum absolute atomic E-state index is 0.0187. The molecule has 0 atom stereocenters. The van der Waals surface area contributed by atoms with Crippen LogP contribution in [0.2, 0.25) is 0 Å². The Hall–Kier alpha value is -1.08. The lowest BCUT2D eigenvalue weighted by Gasteiger charge is -2.05. The zero-order valence-corrected chi connectivity index (χ0v) is 11.0. The Labute approximate surface area is 108 Å². The lowest BCUT2D eigenvalue weighted by Crippen LogP contribution is -2.29. The van der Waals surface area contributed by atoms with Gasteiger partial charge in [0.1, 0.15) is 12.3 Å². The van der Waals surface area contributed by atoms with E-state index < -0.39 is 18.4 Å². The average molecular weight is 353 g/mol. The van der Waals surface area contributed by atoms with Crippen LogP contribution in [0.3, 0.4) is 0 Å². The normalized spacial score (nSPS) is 9.88. The van der Waals surface area contributed by atoms with Gasteiger partial charge < -0.3 is 15.5 Å². The van der Waals surface area contributed by atoms with Crippen LogP contribution in [0.1, 0.15) is 10.4 Å². The predicted octanol–water partition coefficient (Wildman–Crippen LogP) is 1.73. The Balaban J connectivity index is 2.88. The molecule has 1 rings (SSSR count). The number of carbonyl (C=O) groups is 2. The molecule has 0 aromatic heterocycles. The second-order valence-electron chi connectivity index (χ2n) is 2.86. The maximum atomic E-state index is 11.5. The zero-order chi connectivity index (χ0) is 12.3. The summed E-state index contributed by atoms with van der Waals surface area (Å²) in [5.41, 5.74) is 0.248. The van der Waals surface area contributed by atoms with Gasteiger partial charge in [0.05, 0.1) is 8.95 Å². The van der Waals surface area contributed by atoms with Gasteiger partial charge >= 0.3 is 5.97 Å². The summed E-state index contributed by atoms with van der Waals surface area (Å²) in [6.07, 6.45) is 0. The molecule has 0 saturated heterocycles. The van der Waals surface area contributed by atoms with Gasteiger partial charge in [0.25, 0.3) is 5.91 Å². The molecule has 1 aromatic rings. The molecule has 0 unspecified atom stereocenters. The number of carboxylic acids is 1. The quantitative estimate of drug-likeness (QED) is 0.773. The van der Waals surface area contributed by atoms with Crippen molar-refractivity contribution in [2.75, 3.05) is 6.54 Å². The van der Waals surface area contributed by atoms with Crippen LogP contribution in [0.25, 0.3) is 0 Å². The molecule has 16 heavy (non-hydrogen) atoms. The van der Waals surface area contributed by atoms with Gasteiger partial charge in [0.15, 0.2) is 0 Å². The fourth-order valence-electron chi connectivity index (χ4n) is 0.955. The molecule has 0 aliphatic heterocycles. The van der Waals surface area contributed by atoms with Crippen molar-refractivity contribution in [2.24, 2.45) is 0 Å². The standard InChI is InChI=1S/C9H7Br2NO4/c10-5-1-4(2-6(11)8(5)15)9(16)12-3-7(13)14/h1-2,15H,3H2,(H,12,16)(H,13,14). The van der Waals surface area contributed by atoms with Gasteiger partial charge in [-0.3, -0.25) is 9.59 Å². The van der Waals surface area contributed by atoms with E-state index in [1.54, 1.807) is 0 Å². The summed E-state index contributed by atoms with van der Waals surface area (Å²) < 4.78 is 0.699. The zero-order valence-electron chi connectivity index (χ0n) is 7.83. The first-order chi connectivity index (χ1) is 7.41. The Bertz CT molecular complexity index is 424. The number of carbonyl (C=O) groups excluding carboxylic acids is 1. The number of hydrogen-bond donors (Lipinski definition) is 3. The summed E-state index contributed by atoms with van der Waals surface area (Å²) in [6, 6.07) is 2.80. The van der Waals surface area contributed by atoms with Crippen molar-refractivity contribution < 1.29 is 19.8 Å². The van der Waals surface area contributed by atoms with Gasteiger partial charge in [-0.2, -0.15) is 0 Å². The van der Waals surface area contributed by atoms with Gasteiger partial charge in [-0.1, -0.05) is 0 Å². The molecule has 0 bridgehead atoms. The first-order valence-corrected chi connectivity index (χ1v) is 5.68. The fraction of sp³-hybridized carbons (Fsp3) is 0.111. The topological polar surface area (TPSA) is 86.6 Å². The van der Waals surface area contributed by atoms with Crippen LogP contribution < -0.4 is 5.32 Å². The Morgan fingerprint density at radius 2 is 1.75 bits per heavy atom. The summed E-state index contributed by atoms with van der Waals surface area (Å²) in [5.74, 6) is -1.66. The molecule has 0 fully saturated rings. The summed E-state index contributed by atoms with van der Waals surface area (Å²) in [6.45, 7) is -0.449. The van der Waals surface area contributed by atoms with Gasteiger partial charge in [-0.05, 0) is 44.0 Å². The van der Waals surface area contributed by atoms with Crippen LogP contribution >= 0.6 is 31.9 Å². The van der Waals surface area contributed by atoms with Gasteiger partial charge in [-0.25, -0.2) is 0 Å². The Morgan fingerprint density at radius 3 is 2.19 bits per heavy atom. The Morgan fingerprint density at radius 1 is 1.25 bits per heavy atom. The molecule has 5 nitrogen and oxygen atoms in total. The minimum atomic E-state index is -1.12. The van der Waals surface area contributed by atoms with Crippen LogP contribution in [0.5, 0.6) is 5.75 Å². The van der Waals surface area contributed by atoms with Crippen molar-refractivity contribution in [3.63, 3.8) is 0 Å². The number of amides is 1. The maximum Gasteiger partial charge on any atom is 0.322 e. The van der Waals surface area contributed by atoms with Crippen LogP contribution in [-0.2, 0) is 4.79 Å². The molecule has 0 aliphatic rings. The van der Waals surface area contributed by atoms with Gasteiger partial charge in [0, 0.05) is 5.56 Å². The number of nitrogens with one attached hydrogen (secondary N) is 1. The highest BCUT2D eigenvalue weighted by atomic mass is 79.9. The second-order valence-corrected chi connectivity index (χ2v) is 4.57. The van der Waals surface area contributed by atoms with Gasteiger partial charge in [0.2, 0.25) is 0 Å². The van der Waals surface area contributed by atoms with E-state index in [0.29, 0.717) is 8.95 Å². The molecule has 86 valence electrons. The molecule has 0 spiro atoms. The van der Waals surface area contributed by atoms with E-state index in [4.69, 9.17) is 5.11 Å². The third-order valence-corrected chi connectivity index (χ3v) is 2.89. The lowest BCUT2D eigenvalue weighted by atomic mass is 10.2. The fourth-order valence-corrected chi connectivity index (χ4v) is 2.14. The number of aromatic hydroxyl groups is 1. The van der Waals surface area contributed by atoms with Crippen molar-refractivity contribution in [2.45, 2.75) is 0 Å². The van der Waals surface area contributed by atoms with Gasteiger partial charge in [-0.15, -0.1) is 0 Å². The smallest absolute Gasteiger partial charge is 0.322 e. The maximum absolute atomic E-state index is 11.5. The second kappa shape index (κ2) is 5.31. The molecule has 1 aromatic carbocycles. The number of aliphatic carboxylic acids is 1. The van der Waals surface area contributed by atoms with E-state index in [9.17, 15) is 14.7 Å². The van der Waals surface area contributed by atoms with Crippen molar-refractivity contribution in [3.05, 3.63) is 26.6 Å².